The van der Waals surface area contributed by atoms with Crippen molar-refractivity contribution in [3.05, 3.63) is 84.4 Å². The molecule has 3 rings (SSSR count). The van der Waals surface area contributed by atoms with E-state index < -0.39 is 17.7 Å². The van der Waals surface area contributed by atoms with Crippen LogP contribution in [0.3, 0.4) is 0 Å². The van der Waals surface area contributed by atoms with Crippen LogP contribution in [0.25, 0.3) is 11.1 Å². The molecule has 0 radical (unpaired) electrons. The van der Waals surface area contributed by atoms with Crippen molar-refractivity contribution in [2.45, 2.75) is 6.92 Å². The van der Waals surface area contributed by atoms with Gasteiger partial charge in [-0.2, -0.15) is 0 Å². The number of ether oxygens (including phenoxy) is 2. The predicted octanol–water partition coefficient (Wildman–Crippen LogP) is 2.71. The quantitative estimate of drug-likeness (QED) is 0.438. The van der Waals surface area contributed by atoms with E-state index in [2.05, 4.69) is 16.2 Å². The molecule has 33 heavy (non-hydrogen) atoms. The van der Waals surface area contributed by atoms with Crippen LogP contribution in [-0.2, 0) is 9.59 Å². The van der Waals surface area contributed by atoms with E-state index >= 15 is 0 Å². The lowest BCUT2D eigenvalue weighted by molar-refractivity contribution is -0.129. The summed E-state index contributed by atoms with van der Waals surface area (Å²) in [6.45, 7) is 1.70. The molecule has 3 amide bonds. The maximum Gasteiger partial charge on any atom is 0.276 e. The third-order valence-electron chi connectivity index (χ3n) is 4.51. The normalized spacial score (nSPS) is 10.1. The highest BCUT2D eigenvalue weighted by molar-refractivity contribution is 5.97. The lowest BCUT2D eigenvalue weighted by Gasteiger charge is -2.12. The summed E-state index contributed by atoms with van der Waals surface area (Å²) in [7, 11) is 0. The molecule has 0 aliphatic carbocycles. The standard InChI is InChI=1S/C25H25N3O5/c1-2-32-21-10-6-7-11-22(21)33-17-24(30)28-27-23(29)16-26-25(31)20-14-12-19(13-15-20)18-8-4-3-5-9-18/h3-15H,2,16-17H2,1H3,(H,26,31)(H,27,29)(H,28,30). The number of hydrogen-bond acceptors (Lipinski definition) is 5. The van der Waals surface area contributed by atoms with Gasteiger partial charge in [-0.15, -0.1) is 0 Å². The van der Waals surface area contributed by atoms with E-state index in [0.717, 1.165) is 11.1 Å². The third-order valence-corrected chi connectivity index (χ3v) is 4.51. The molecule has 3 N–H and O–H groups in total. The van der Waals surface area contributed by atoms with Crippen molar-refractivity contribution in [1.82, 2.24) is 16.2 Å². The summed E-state index contributed by atoms with van der Waals surface area (Å²) < 4.78 is 10.8. The monoisotopic (exact) mass is 447 g/mol. The number of hydrogen-bond donors (Lipinski definition) is 3. The number of para-hydroxylation sites is 2. The molecule has 0 heterocycles. The first-order valence-electron chi connectivity index (χ1n) is 10.4. The Kier molecular flexibility index (Phi) is 8.41. The van der Waals surface area contributed by atoms with Gasteiger partial charge < -0.3 is 14.8 Å². The Labute approximate surface area is 191 Å². The number of nitrogens with one attached hydrogen (secondary N) is 3. The van der Waals surface area contributed by atoms with Gasteiger partial charge in [-0.25, -0.2) is 0 Å². The minimum atomic E-state index is -0.577. The SMILES string of the molecule is CCOc1ccccc1OCC(=O)NNC(=O)CNC(=O)c1ccc(-c2ccccc2)cc1. The summed E-state index contributed by atoms with van der Waals surface area (Å²) in [5.41, 5.74) is 6.92. The van der Waals surface area contributed by atoms with E-state index in [4.69, 9.17) is 9.47 Å². The second kappa shape index (κ2) is 11.9. The van der Waals surface area contributed by atoms with Gasteiger partial charge in [0.05, 0.1) is 13.2 Å². The number of benzene rings is 3. The van der Waals surface area contributed by atoms with Gasteiger partial charge in [0, 0.05) is 5.56 Å². The van der Waals surface area contributed by atoms with Crippen molar-refractivity contribution < 1.29 is 23.9 Å². The molecule has 0 unspecified atom stereocenters. The van der Waals surface area contributed by atoms with Gasteiger partial charge in [-0.1, -0.05) is 54.6 Å². The Morgan fingerprint density at radius 3 is 1.94 bits per heavy atom. The smallest absolute Gasteiger partial charge is 0.276 e. The summed E-state index contributed by atoms with van der Waals surface area (Å²) in [4.78, 5) is 36.1. The van der Waals surface area contributed by atoms with Gasteiger partial charge in [0.1, 0.15) is 0 Å². The predicted molar refractivity (Wildman–Crippen MR) is 124 cm³/mol. The average Bonchev–Trinajstić information content (AvgIpc) is 2.86. The highest BCUT2D eigenvalue weighted by Gasteiger charge is 2.11. The molecule has 0 saturated carbocycles. The molecule has 0 aliphatic rings. The van der Waals surface area contributed by atoms with Gasteiger partial charge in [0.25, 0.3) is 17.7 Å². The summed E-state index contributed by atoms with van der Waals surface area (Å²) in [6, 6.07) is 23.8. The summed E-state index contributed by atoms with van der Waals surface area (Å²) in [6.07, 6.45) is 0. The van der Waals surface area contributed by atoms with Crippen molar-refractivity contribution in [1.29, 1.82) is 0 Å². The first-order chi connectivity index (χ1) is 16.1. The molecular weight excluding hydrogens is 422 g/mol. The molecule has 0 fully saturated rings. The maximum atomic E-state index is 12.3. The molecule has 0 aliphatic heterocycles. The van der Waals surface area contributed by atoms with Gasteiger partial charge in [0.15, 0.2) is 18.1 Å². The molecule has 8 nitrogen and oxygen atoms in total. The van der Waals surface area contributed by atoms with Crippen molar-refractivity contribution in [3.63, 3.8) is 0 Å². The van der Waals surface area contributed by atoms with Crippen LogP contribution in [0.4, 0.5) is 0 Å². The molecule has 3 aromatic carbocycles. The number of amides is 3. The van der Waals surface area contributed by atoms with Gasteiger partial charge in [-0.3, -0.25) is 25.2 Å². The average molecular weight is 447 g/mol. The summed E-state index contributed by atoms with van der Waals surface area (Å²) >= 11 is 0. The van der Waals surface area contributed by atoms with E-state index in [-0.39, 0.29) is 13.2 Å². The third kappa shape index (κ3) is 7.10. The molecule has 0 saturated heterocycles. The van der Waals surface area contributed by atoms with E-state index in [1.807, 2.05) is 49.4 Å². The van der Waals surface area contributed by atoms with E-state index in [1.165, 1.54) is 0 Å². The zero-order valence-electron chi connectivity index (χ0n) is 18.2. The summed E-state index contributed by atoms with van der Waals surface area (Å²) in [5.74, 6) is -0.584. The van der Waals surface area contributed by atoms with Gasteiger partial charge in [0.2, 0.25) is 0 Å². The van der Waals surface area contributed by atoms with Crippen molar-refractivity contribution in [3.8, 4) is 22.6 Å². The molecule has 0 spiro atoms. The molecular formula is C25H25N3O5. The Hall–Kier alpha value is -4.33. The number of rotatable bonds is 9. The Bertz CT molecular complexity index is 1080. The highest BCUT2D eigenvalue weighted by Crippen LogP contribution is 2.26. The number of hydrazine groups is 1. The minimum Gasteiger partial charge on any atom is -0.490 e. The molecule has 170 valence electrons. The van der Waals surface area contributed by atoms with Crippen molar-refractivity contribution >= 4 is 17.7 Å². The van der Waals surface area contributed by atoms with Gasteiger partial charge in [-0.05, 0) is 42.3 Å². The molecule has 0 bridgehead atoms. The zero-order valence-corrected chi connectivity index (χ0v) is 18.2. The van der Waals surface area contributed by atoms with Gasteiger partial charge >= 0.3 is 0 Å². The first kappa shape index (κ1) is 23.3. The van der Waals surface area contributed by atoms with E-state index in [1.54, 1.807) is 36.4 Å². The van der Waals surface area contributed by atoms with Crippen LogP contribution in [0.2, 0.25) is 0 Å². The van der Waals surface area contributed by atoms with Crippen LogP contribution in [0.5, 0.6) is 11.5 Å². The van der Waals surface area contributed by atoms with Crippen LogP contribution in [0.1, 0.15) is 17.3 Å². The van der Waals surface area contributed by atoms with E-state index in [9.17, 15) is 14.4 Å². The maximum absolute atomic E-state index is 12.3. The van der Waals surface area contributed by atoms with Crippen LogP contribution in [0, 0.1) is 0 Å². The lowest BCUT2D eigenvalue weighted by Crippen LogP contribution is -2.47. The molecule has 0 atom stereocenters. The topological polar surface area (TPSA) is 106 Å². The fourth-order valence-corrected chi connectivity index (χ4v) is 2.91. The number of carbonyl (C=O) groups is 3. The Morgan fingerprint density at radius 2 is 1.27 bits per heavy atom. The summed E-state index contributed by atoms with van der Waals surface area (Å²) in [5, 5.41) is 2.51. The molecule has 3 aromatic rings. The Balaban J connectivity index is 1.39. The second-order valence-electron chi connectivity index (χ2n) is 6.89. The second-order valence-corrected chi connectivity index (χ2v) is 6.89. The van der Waals surface area contributed by atoms with Crippen LogP contribution in [-0.4, -0.2) is 37.5 Å². The van der Waals surface area contributed by atoms with Crippen molar-refractivity contribution in [2.24, 2.45) is 0 Å². The van der Waals surface area contributed by atoms with Crippen LogP contribution in [0.15, 0.2) is 78.9 Å². The minimum absolute atomic E-state index is 0.298. The molecule has 8 heteroatoms. The lowest BCUT2D eigenvalue weighted by atomic mass is 10.0. The van der Waals surface area contributed by atoms with Crippen molar-refractivity contribution in [2.75, 3.05) is 19.8 Å². The first-order valence-corrected chi connectivity index (χ1v) is 10.4. The van der Waals surface area contributed by atoms with Crippen LogP contribution < -0.4 is 25.6 Å². The molecule has 0 aromatic heterocycles. The largest absolute Gasteiger partial charge is 0.490 e. The van der Waals surface area contributed by atoms with Crippen LogP contribution >= 0.6 is 0 Å². The fraction of sp³-hybridized carbons (Fsp3) is 0.160. The highest BCUT2D eigenvalue weighted by atomic mass is 16.5. The zero-order chi connectivity index (χ0) is 23.5. The van der Waals surface area contributed by atoms with E-state index in [0.29, 0.717) is 23.7 Å². The Morgan fingerprint density at radius 1 is 0.697 bits per heavy atom. The fourth-order valence-electron chi connectivity index (χ4n) is 2.91. The number of carbonyl (C=O) groups excluding carboxylic acids is 3.